The first-order valence-corrected chi connectivity index (χ1v) is 16.7. The second-order valence-corrected chi connectivity index (χ2v) is 14.7. The summed E-state index contributed by atoms with van der Waals surface area (Å²) in [4.78, 5) is 12.5. The van der Waals surface area contributed by atoms with Crippen LogP contribution in [0.1, 0.15) is 138 Å². The van der Waals surface area contributed by atoms with E-state index in [1.165, 1.54) is 57.8 Å². The number of esters is 1. The normalized spacial score (nSPS) is 38.3. The molecule has 0 aromatic carbocycles. The van der Waals surface area contributed by atoms with Crippen molar-refractivity contribution in [3.63, 3.8) is 0 Å². The van der Waals surface area contributed by atoms with Crippen LogP contribution in [0.5, 0.6) is 0 Å². The van der Waals surface area contributed by atoms with E-state index in [1.807, 2.05) is 0 Å². The Labute approximate surface area is 235 Å². The maximum atomic E-state index is 12.5. The molecule has 0 saturated heterocycles. The lowest BCUT2D eigenvalue weighted by molar-refractivity contribution is -0.151. The maximum absolute atomic E-state index is 12.5. The lowest BCUT2D eigenvalue weighted by atomic mass is 9.47. The second kappa shape index (κ2) is 12.6. The minimum Gasteiger partial charge on any atom is -0.462 e. The van der Waals surface area contributed by atoms with Gasteiger partial charge in [0.25, 0.3) is 0 Å². The Morgan fingerprint density at radius 2 is 1.79 bits per heavy atom. The monoisotopic (exact) mass is 524 g/mol. The number of hydrogen-bond donors (Lipinski definition) is 0. The molecule has 4 rings (SSSR count). The summed E-state index contributed by atoms with van der Waals surface area (Å²) >= 11 is 0. The highest BCUT2D eigenvalue weighted by Gasteiger charge is 2.59. The van der Waals surface area contributed by atoms with Gasteiger partial charge >= 0.3 is 5.97 Å². The minimum absolute atomic E-state index is 0.0382. The Morgan fingerprint density at radius 3 is 2.50 bits per heavy atom. The molecule has 3 fully saturated rings. The Hall–Kier alpha value is -1.05. The zero-order chi connectivity index (χ0) is 27.5. The number of hydrogen-bond acceptors (Lipinski definition) is 2. The van der Waals surface area contributed by atoms with Crippen molar-refractivity contribution in [3.05, 3.63) is 23.8 Å². The van der Waals surface area contributed by atoms with Crippen LogP contribution in [0.4, 0.5) is 0 Å². The Bertz CT molecular complexity index is 853. The van der Waals surface area contributed by atoms with Crippen LogP contribution in [0.15, 0.2) is 23.8 Å². The van der Waals surface area contributed by atoms with Crippen molar-refractivity contribution < 1.29 is 9.53 Å². The van der Waals surface area contributed by atoms with E-state index in [9.17, 15) is 4.79 Å². The van der Waals surface area contributed by atoms with E-state index in [4.69, 9.17) is 4.74 Å². The summed E-state index contributed by atoms with van der Waals surface area (Å²) in [6.45, 7) is 17.1. The van der Waals surface area contributed by atoms with E-state index < -0.39 is 0 Å². The van der Waals surface area contributed by atoms with E-state index in [0.717, 1.165) is 61.2 Å². The molecule has 9 atom stereocenters. The van der Waals surface area contributed by atoms with Gasteiger partial charge in [-0.1, -0.05) is 91.5 Å². The predicted molar refractivity (Wildman–Crippen MR) is 161 cm³/mol. The number of unbranched alkanes of at least 4 members (excludes halogenated alkanes) is 3. The molecule has 0 spiro atoms. The summed E-state index contributed by atoms with van der Waals surface area (Å²) in [5.74, 6) is 5.56. The lowest BCUT2D eigenvalue weighted by Crippen LogP contribution is -2.51. The molecule has 0 N–H and O–H groups in total. The van der Waals surface area contributed by atoms with Crippen LogP contribution in [0, 0.1) is 52.3 Å². The smallest absolute Gasteiger partial charge is 0.306 e. The third-order valence-corrected chi connectivity index (χ3v) is 12.3. The van der Waals surface area contributed by atoms with Gasteiger partial charge in [0.2, 0.25) is 0 Å². The van der Waals surface area contributed by atoms with Gasteiger partial charge in [0.15, 0.2) is 0 Å². The fourth-order valence-electron chi connectivity index (χ4n) is 9.86. The highest BCUT2D eigenvalue weighted by Crippen LogP contribution is 2.67. The number of rotatable bonds is 11. The number of allylic oxidation sites excluding steroid dienone is 3. The molecule has 0 aliphatic heterocycles. The molecular formula is C36H60O2. The lowest BCUT2D eigenvalue weighted by Gasteiger charge is -2.58. The van der Waals surface area contributed by atoms with E-state index in [0.29, 0.717) is 23.2 Å². The molecule has 216 valence electrons. The van der Waals surface area contributed by atoms with Gasteiger partial charge in [-0.05, 0) is 110 Å². The number of carbonyl (C=O) groups excluding carboxylic acids is 1. The molecule has 0 amide bonds. The molecule has 4 aliphatic carbocycles. The highest BCUT2D eigenvalue weighted by atomic mass is 16.5. The SMILES string of the molecule is CCCCCCC(=O)O[C@H]1CC[C@@]2(C)C(=CC[C@H]3[C@@H]4CC[C@H]([C@H](C)/C=C/[C@@H](CC)C(C)C)[C@@]4(C)CC[C@@H]32)C1. The van der Waals surface area contributed by atoms with Crippen LogP contribution in [-0.2, 0) is 9.53 Å². The number of fused-ring (bicyclic) bond motifs is 5. The molecule has 0 radical (unpaired) electrons. The fourth-order valence-corrected chi connectivity index (χ4v) is 9.86. The second-order valence-electron chi connectivity index (χ2n) is 14.7. The van der Waals surface area contributed by atoms with Gasteiger partial charge in [0.1, 0.15) is 6.10 Å². The average molecular weight is 525 g/mol. The molecule has 38 heavy (non-hydrogen) atoms. The summed E-state index contributed by atoms with van der Waals surface area (Å²) in [7, 11) is 0. The standard InChI is InChI=1S/C36H60O2/c1-8-10-11-12-13-34(37)38-29-20-22-35(6)28(24-29)16-17-30-32-19-18-31(36(32,7)23-21-33(30)35)26(5)14-15-27(9-2)25(3)4/h14-16,25-27,29-33H,8-13,17-24H2,1-7H3/b15-14+/t26-,27-,29+,30+,31-,32+,33+,35+,36-/m1/s1. The van der Waals surface area contributed by atoms with Gasteiger partial charge in [0.05, 0.1) is 0 Å². The van der Waals surface area contributed by atoms with Gasteiger partial charge in [-0.15, -0.1) is 0 Å². The number of ether oxygens (including phenoxy) is 1. The summed E-state index contributed by atoms with van der Waals surface area (Å²) in [6.07, 6.45) is 24.5. The molecule has 2 heteroatoms. The molecule has 0 aromatic rings. The first-order chi connectivity index (χ1) is 18.1. The Balaban J connectivity index is 1.39. The van der Waals surface area contributed by atoms with Crippen molar-refractivity contribution in [1.82, 2.24) is 0 Å². The van der Waals surface area contributed by atoms with Crippen LogP contribution in [0.3, 0.4) is 0 Å². The van der Waals surface area contributed by atoms with Crippen molar-refractivity contribution in [2.75, 3.05) is 0 Å². The zero-order valence-electron chi connectivity index (χ0n) is 26.1. The van der Waals surface area contributed by atoms with Crippen LogP contribution < -0.4 is 0 Å². The molecule has 3 saturated carbocycles. The van der Waals surface area contributed by atoms with Gasteiger partial charge in [0, 0.05) is 12.8 Å². The molecule has 0 bridgehead atoms. The van der Waals surface area contributed by atoms with Crippen molar-refractivity contribution in [3.8, 4) is 0 Å². The first kappa shape index (κ1) is 29.9. The topological polar surface area (TPSA) is 26.3 Å². The zero-order valence-corrected chi connectivity index (χ0v) is 26.1. The van der Waals surface area contributed by atoms with Crippen LogP contribution in [0.25, 0.3) is 0 Å². The van der Waals surface area contributed by atoms with Crippen molar-refractivity contribution >= 4 is 5.97 Å². The fraction of sp³-hybridized carbons (Fsp3) is 0.861. The van der Waals surface area contributed by atoms with Gasteiger partial charge in [-0.3, -0.25) is 4.79 Å². The Kier molecular flexibility index (Phi) is 9.95. The summed E-state index contributed by atoms with van der Waals surface area (Å²) in [6, 6.07) is 0. The van der Waals surface area contributed by atoms with E-state index in [2.05, 4.69) is 66.7 Å². The quantitative estimate of drug-likeness (QED) is 0.153. The van der Waals surface area contributed by atoms with Crippen molar-refractivity contribution in [2.24, 2.45) is 52.3 Å². The minimum atomic E-state index is 0.0382. The molecule has 0 aromatic heterocycles. The Morgan fingerprint density at radius 1 is 1.00 bits per heavy atom. The summed E-state index contributed by atoms with van der Waals surface area (Å²) in [5.41, 5.74) is 2.45. The maximum Gasteiger partial charge on any atom is 0.306 e. The van der Waals surface area contributed by atoms with Crippen LogP contribution in [-0.4, -0.2) is 12.1 Å². The van der Waals surface area contributed by atoms with E-state index in [1.54, 1.807) is 5.57 Å². The van der Waals surface area contributed by atoms with Gasteiger partial charge < -0.3 is 4.74 Å². The van der Waals surface area contributed by atoms with Gasteiger partial charge in [-0.2, -0.15) is 0 Å². The third-order valence-electron chi connectivity index (χ3n) is 12.3. The first-order valence-electron chi connectivity index (χ1n) is 16.7. The molecular weight excluding hydrogens is 464 g/mol. The molecule has 0 unspecified atom stereocenters. The predicted octanol–water partition coefficient (Wildman–Crippen LogP) is 10.3. The average Bonchev–Trinajstić information content (AvgIpc) is 3.24. The van der Waals surface area contributed by atoms with Crippen molar-refractivity contribution in [2.45, 2.75) is 144 Å². The summed E-state index contributed by atoms with van der Waals surface area (Å²) in [5, 5.41) is 0. The molecule has 2 nitrogen and oxygen atoms in total. The molecule has 0 heterocycles. The largest absolute Gasteiger partial charge is 0.462 e. The van der Waals surface area contributed by atoms with Gasteiger partial charge in [-0.25, -0.2) is 0 Å². The van der Waals surface area contributed by atoms with Crippen molar-refractivity contribution in [1.29, 1.82) is 0 Å². The van der Waals surface area contributed by atoms with E-state index in [-0.39, 0.29) is 12.1 Å². The third kappa shape index (κ3) is 6.00. The highest BCUT2D eigenvalue weighted by molar-refractivity contribution is 5.69. The van der Waals surface area contributed by atoms with Crippen LogP contribution >= 0.6 is 0 Å². The van der Waals surface area contributed by atoms with E-state index >= 15 is 0 Å². The summed E-state index contributed by atoms with van der Waals surface area (Å²) < 4.78 is 6.00. The number of carbonyl (C=O) groups is 1. The molecule has 4 aliphatic rings. The van der Waals surface area contributed by atoms with Crippen LogP contribution in [0.2, 0.25) is 0 Å².